The zero-order valence-electron chi connectivity index (χ0n) is 16.2. The van der Waals surface area contributed by atoms with E-state index in [1.807, 2.05) is 56.0 Å². The highest BCUT2D eigenvalue weighted by atomic mass is 16.5. The van der Waals surface area contributed by atoms with Crippen molar-refractivity contribution in [2.24, 2.45) is 7.05 Å². The minimum Gasteiger partial charge on any atom is -0.361 e. The van der Waals surface area contributed by atoms with Crippen LogP contribution in [0, 0.1) is 6.92 Å². The molecule has 0 saturated carbocycles. The van der Waals surface area contributed by atoms with Crippen LogP contribution in [0.4, 0.5) is 0 Å². The summed E-state index contributed by atoms with van der Waals surface area (Å²) in [5.74, 6) is 1.05. The summed E-state index contributed by atoms with van der Waals surface area (Å²) in [5, 5.41) is 4.29. The number of hydrogen-bond donors (Lipinski definition) is 0. The molecule has 0 spiro atoms. The topological polar surface area (TPSA) is 56.2 Å². The highest BCUT2D eigenvalue weighted by Crippen LogP contribution is 2.25. The molecule has 0 bridgehead atoms. The molecule has 0 fully saturated rings. The van der Waals surface area contributed by atoms with Crippen LogP contribution >= 0.6 is 0 Å². The lowest BCUT2D eigenvalue weighted by Gasteiger charge is -2.16. The number of fused-ring (bicyclic) bond motifs is 1. The molecule has 3 aromatic rings. The third-order valence-corrected chi connectivity index (χ3v) is 5.55. The number of hydrogen-bond acceptors (Lipinski definition) is 4. The van der Waals surface area contributed by atoms with Crippen molar-refractivity contribution in [1.82, 2.24) is 19.4 Å². The Morgan fingerprint density at radius 3 is 2.67 bits per heavy atom. The van der Waals surface area contributed by atoms with E-state index in [4.69, 9.17) is 4.52 Å². The Morgan fingerprint density at radius 1 is 1.15 bits per heavy atom. The number of para-hydroxylation sites is 1. The highest BCUT2D eigenvalue weighted by molar-refractivity contribution is 5.33. The summed E-state index contributed by atoms with van der Waals surface area (Å²) in [6.07, 6.45) is 4.42. The van der Waals surface area contributed by atoms with Crippen molar-refractivity contribution in [1.29, 1.82) is 0 Å². The summed E-state index contributed by atoms with van der Waals surface area (Å²) in [6, 6.07) is 9.76. The fraction of sp³-hybridized carbons (Fsp3) is 0.429. The molecule has 0 N–H and O–H groups in total. The zero-order valence-corrected chi connectivity index (χ0v) is 16.2. The lowest BCUT2D eigenvalue weighted by atomic mass is 9.96. The zero-order chi connectivity index (χ0) is 19.0. The molecule has 2 heterocycles. The van der Waals surface area contributed by atoms with E-state index in [1.165, 1.54) is 18.4 Å². The first-order valence-corrected chi connectivity index (χ1v) is 9.54. The van der Waals surface area contributed by atoms with Crippen LogP contribution in [-0.2, 0) is 33.0 Å². The van der Waals surface area contributed by atoms with Crippen LogP contribution in [0.5, 0.6) is 0 Å². The van der Waals surface area contributed by atoms with Crippen LogP contribution in [0.1, 0.15) is 41.1 Å². The van der Waals surface area contributed by atoms with Gasteiger partial charge in [0.2, 0.25) is 0 Å². The van der Waals surface area contributed by atoms with Crippen LogP contribution in [0.15, 0.2) is 39.6 Å². The standard InChI is InChI=1S/C21H26N4O2/c1-15-18(21(26)25(24(15)3)16-9-5-4-6-10-16)13-23(2)14-19-17-11-7-8-12-20(17)27-22-19/h4-6,9-10H,7-8,11-14H2,1-3H3. The molecule has 6 heteroatoms. The van der Waals surface area contributed by atoms with Crippen molar-refractivity contribution in [2.45, 2.75) is 45.7 Å². The van der Waals surface area contributed by atoms with Gasteiger partial charge in [-0.25, -0.2) is 4.68 Å². The molecule has 4 rings (SSSR count). The summed E-state index contributed by atoms with van der Waals surface area (Å²) in [6.45, 7) is 3.28. The Balaban J connectivity index is 1.58. The SMILES string of the molecule is Cc1c(CN(C)Cc2noc3c2CCCC3)c(=O)n(-c2ccccc2)n1C. The van der Waals surface area contributed by atoms with E-state index in [9.17, 15) is 4.79 Å². The molecule has 0 unspecified atom stereocenters. The number of nitrogens with zero attached hydrogens (tertiary/aromatic N) is 4. The second-order valence-electron chi connectivity index (χ2n) is 7.45. The van der Waals surface area contributed by atoms with Gasteiger partial charge in [0.05, 0.1) is 11.3 Å². The van der Waals surface area contributed by atoms with Crippen LogP contribution in [0.3, 0.4) is 0 Å². The van der Waals surface area contributed by atoms with Gasteiger partial charge in [-0.15, -0.1) is 0 Å². The molecule has 6 nitrogen and oxygen atoms in total. The van der Waals surface area contributed by atoms with E-state index in [0.29, 0.717) is 13.1 Å². The van der Waals surface area contributed by atoms with Crippen LogP contribution in [-0.4, -0.2) is 26.5 Å². The van der Waals surface area contributed by atoms with Crippen molar-refractivity contribution < 1.29 is 4.52 Å². The first kappa shape index (κ1) is 17.8. The predicted molar refractivity (Wildman–Crippen MR) is 104 cm³/mol. The van der Waals surface area contributed by atoms with E-state index >= 15 is 0 Å². The van der Waals surface area contributed by atoms with E-state index in [2.05, 4.69) is 10.1 Å². The molecule has 0 atom stereocenters. The minimum absolute atomic E-state index is 0.0373. The van der Waals surface area contributed by atoms with Gasteiger partial charge in [-0.2, -0.15) is 0 Å². The van der Waals surface area contributed by atoms with Gasteiger partial charge in [-0.05, 0) is 45.4 Å². The molecule has 1 aliphatic carbocycles. The average Bonchev–Trinajstić information content (AvgIpc) is 3.17. The molecule has 1 aromatic carbocycles. The van der Waals surface area contributed by atoms with Gasteiger partial charge in [-0.3, -0.25) is 14.4 Å². The quantitative estimate of drug-likeness (QED) is 0.697. The molecule has 2 aromatic heterocycles. The van der Waals surface area contributed by atoms with Gasteiger partial charge in [0.25, 0.3) is 5.56 Å². The Morgan fingerprint density at radius 2 is 1.89 bits per heavy atom. The average molecular weight is 366 g/mol. The Hall–Kier alpha value is -2.60. The van der Waals surface area contributed by atoms with Gasteiger partial charge in [-0.1, -0.05) is 23.4 Å². The molecule has 27 heavy (non-hydrogen) atoms. The van der Waals surface area contributed by atoms with Gasteiger partial charge in [0, 0.05) is 37.8 Å². The fourth-order valence-corrected chi connectivity index (χ4v) is 3.96. The Kier molecular flexibility index (Phi) is 4.74. The van der Waals surface area contributed by atoms with Gasteiger partial charge < -0.3 is 4.52 Å². The van der Waals surface area contributed by atoms with Crippen molar-refractivity contribution in [2.75, 3.05) is 7.05 Å². The van der Waals surface area contributed by atoms with Gasteiger partial charge in [0.1, 0.15) is 11.5 Å². The summed E-state index contributed by atoms with van der Waals surface area (Å²) in [7, 11) is 3.96. The van der Waals surface area contributed by atoms with Crippen molar-refractivity contribution in [3.8, 4) is 5.69 Å². The van der Waals surface area contributed by atoms with Gasteiger partial charge in [0.15, 0.2) is 0 Å². The molecule has 0 saturated heterocycles. The molecular formula is C21H26N4O2. The maximum atomic E-state index is 13.1. The molecular weight excluding hydrogens is 340 g/mol. The summed E-state index contributed by atoms with van der Waals surface area (Å²) in [5.41, 5.74) is 5.02. The van der Waals surface area contributed by atoms with Crippen molar-refractivity contribution >= 4 is 0 Å². The third-order valence-electron chi connectivity index (χ3n) is 5.55. The summed E-state index contributed by atoms with van der Waals surface area (Å²) >= 11 is 0. The largest absolute Gasteiger partial charge is 0.361 e. The number of rotatable bonds is 5. The lowest BCUT2D eigenvalue weighted by Crippen LogP contribution is -2.25. The Labute approximate surface area is 159 Å². The number of benzene rings is 1. The maximum absolute atomic E-state index is 13.1. The van der Waals surface area contributed by atoms with E-state index in [-0.39, 0.29) is 5.56 Å². The minimum atomic E-state index is 0.0373. The second kappa shape index (κ2) is 7.19. The first-order chi connectivity index (χ1) is 13.1. The maximum Gasteiger partial charge on any atom is 0.276 e. The van der Waals surface area contributed by atoms with Crippen LogP contribution in [0.25, 0.3) is 5.69 Å². The van der Waals surface area contributed by atoms with E-state index in [1.54, 1.807) is 4.68 Å². The first-order valence-electron chi connectivity index (χ1n) is 9.54. The molecule has 1 aliphatic rings. The van der Waals surface area contributed by atoms with Crippen molar-refractivity contribution in [3.05, 3.63) is 69.0 Å². The van der Waals surface area contributed by atoms with Crippen LogP contribution < -0.4 is 5.56 Å². The molecule has 0 amide bonds. The molecule has 0 aliphatic heterocycles. The third kappa shape index (κ3) is 3.25. The fourth-order valence-electron chi connectivity index (χ4n) is 3.96. The summed E-state index contributed by atoms with van der Waals surface area (Å²) in [4.78, 5) is 15.2. The molecule has 142 valence electrons. The van der Waals surface area contributed by atoms with E-state index in [0.717, 1.165) is 41.2 Å². The number of aromatic nitrogens is 3. The molecule has 0 radical (unpaired) electrons. The lowest BCUT2D eigenvalue weighted by molar-refractivity contribution is 0.299. The van der Waals surface area contributed by atoms with E-state index < -0.39 is 0 Å². The van der Waals surface area contributed by atoms with Crippen LogP contribution in [0.2, 0.25) is 0 Å². The highest BCUT2D eigenvalue weighted by Gasteiger charge is 2.22. The second-order valence-corrected chi connectivity index (χ2v) is 7.45. The van der Waals surface area contributed by atoms with Crippen molar-refractivity contribution in [3.63, 3.8) is 0 Å². The number of aryl methyl sites for hydroxylation is 1. The Bertz CT molecular complexity index is 997. The predicted octanol–water partition coefficient (Wildman–Crippen LogP) is 2.98. The van der Waals surface area contributed by atoms with Gasteiger partial charge >= 0.3 is 0 Å². The summed E-state index contributed by atoms with van der Waals surface area (Å²) < 4.78 is 9.18. The smallest absolute Gasteiger partial charge is 0.276 e. The normalized spacial score (nSPS) is 13.9. The monoisotopic (exact) mass is 366 g/mol.